The Hall–Kier alpha value is -2.89. The largest absolute Gasteiger partial charge is 0.462 e. The van der Waals surface area contributed by atoms with Gasteiger partial charge in [0.05, 0.1) is 0 Å². The Morgan fingerprint density at radius 1 is 0.355 bits per heavy atom. The number of carbonyl (C=O) groups excluding carboxylic acids is 3. The second kappa shape index (κ2) is 50.8. The summed E-state index contributed by atoms with van der Waals surface area (Å²) in [5.74, 6) is -0.984. The number of ether oxygens (including phenoxy) is 3. The highest BCUT2D eigenvalue weighted by molar-refractivity contribution is 5.71. The van der Waals surface area contributed by atoms with E-state index >= 15 is 0 Å². The molecule has 0 amide bonds. The van der Waals surface area contributed by atoms with Crippen molar-refractivity contribution in [2.24, 2.45) is 0 Å². The van der Waals surface area contributed by atoms with E-state index in [9.17, 15) is 14.4 Å². The van der Waals surface area contributed by atoms with Crippen molar-refractivity contribution >= 4 is 17.9 Å². The van der Waals surface area contributed by atoms with Crippen LogP contribution in [0, 0.1) is 0 Å². The molecule has 0 aliphatic rings. The normalized spacial score (nSPS) is 12.5. The average Bonchev–Trinajstić information content (AvgIpc) is 3.27. The topological polar surface area (TPSA) is 78.9 Å². The van der Waals surface area contributed by atoms with Gasteiger partial charge in [-0.05, 0) is 57.8 Å². The molecule has 6 nitrogen and oxygen atoms in total. The van der Waals surface area contributed by atoms with Crippen LogP contribution in [0.4, 0.5) is 0 Å². The van der Waals surface area contributed by atoms with Crippen molar-refractivity contribution < 1.29 is 28.6 Å². The molecule has 0 spiro atoms. The van der Waals surface area contributed by atoms with Gasteiger partial charge < -0.3 is 14.2 Å². The van der Waals surface area contributed by atoms with Crippen LogP contribution in [-0.2, 0) is 28.6 Å². The SMILES string of the molecule is CC\C=C/C=C\C=C/CCCCCCCC(=O)OC(COC(=O)CC/C=C\C/C=C\CCCCCCCC)COC(=O)CCCCCCCCCCCCCCCCCCCC. The third kappa shape index (κ3) is 48.1. The van der Waals surface area contributed by atoms with Crippen LogP contribution in [0.1, 0.15) is 258 Å². The minimum Gasteiger partial charge on any atom is -0.462 e. The van der Waals surface area contributed by atoms with Gasteiger partial charge in [-0.2, -0.15) is 0 Å². The fourth-order valence-corrected chi connectivity index (χ4v) is 7.38. The van der Waals surface area contributed by atoms with Gasteiger partial charge in [0.25, 0.3) is 0 Å². The first-order chi connectivity index (χ1) is 30.5. The Morgan fingerprint density at radius 3 is 1.19 bits per heavy atom. The highest BCUT2D eigenvalue weighted by Crippen LogP contribution is 2.16. The molecule has 62 heavy (non-hydrogen) atoms. The van der Waals surface area contributed by atoms with Gasteiger partial charge in [0.2, 0.25) is 0 Å². The summed E-state index contributed by atoms with van der Waals surface area (Å²) in [7, 11) is 0. The van der Waals surface area contributed by atoms with Gasteiger partial charge in [-0.3, -0.25) is 14.4 Å². The second-order valence-corrected chi connectivity index (χ2v) is 17.5. The summed E-state index contributed by atoms with van der Waals surface area (Å²) in [5, 5.41) is 0. The minimum atomic E-state index is -0.804. The van der Waals surface area contributed by atoms with E-state index in [-0.39, 0.29) is 37.5 Å². The lowest BCUT2D eigenvalue weighted by atomic mass is 10.0. The van der Waals surface area contributed by atoms with Crippen molar-refractivity contribution in [3.05, 3.63) is 60.8 Å². The summed E-state index contributed by atoms with van der Waals surface area (Å²) in [5.41, 5.74) is 0. The maximum absolute atomic E-state index is 12.8. The Kier molecular flexibility index (Phi) is 48.4. The average molecular weight is 867 g/mol. The lowest BCUT2D eigenvalue weighted by Crippen LogP contribution is -2.30. The molecule has 0 aromatic carbocycles. The molecule has 0 fully saturated rings. The molecular formula is C56H98O6. The summed E-state index contributed by atoms with van der Waals surface area (Å²) in [6.45, 7) is 6.44. The molecule has 0 saturated carbocycles. The van der Waals surface area contributed by atoms with Gasteiger partial charge in [-0.25, -0.2) is 0 Å². The molecule has 1 unspecified atom stereocenters. The van der Waals surface area contributed by atoms with Crippen LogP contribution in [-0.4, -0.2) is 37.2 Å². The van der Waals surface area contributed by atoms with Crippen molar-refractivity contribution in [1.29, 1.82) is 0 Å². The van der Waals surface area contributed by atoms with Crippen LogP contribution in [0.25, 0.3) is 0 Å². The maximum Gasteiger partial charge on any atom is 0.306 e. The van der Waals surface area contributed by atoms with E-state index in [1.165, 1.54) is 135 Å². The van der Waals surface area contributed by atoms with E-state index in [0.717, 1.165) is 77.0 Å². The smallest absolute Gasteiger partial charge is 0.306 e. The monoisotopic (exact) mass is 867 g/mol. The van der Waals surface area contributed by atoms with E-state index in [0.29, 0.717) is 19.3 Å². The number of allylic oxidation sites excluding steroid dienone is 10. The van der Waals surface area contributed by atoms with Crippen molar-refractivity contribution in [1.82, 2.24) is 0 Å². The molecule has 0 aromatic rings. The molecule has 0 radical (unpaired) electrons. The highest BCUT2D eigenvalue weighted by atomic mass is 16.6. The number of unbranched alkanes of at least 4 members (excludes halogenated alkanes) is 28. The summed E-state index contributed by atoms with van der Waals surface area (Å²) in [6, 6.07) is 0. The first-order valence-electron chi connectivity index (χ1n) is 26.3. The van der Waals surface area contributed by atoms with Crippen molar-refractivity contribution in [3.63, 3.8) is 0 Å². The predicted octanol–water partition coefficient (Wildman–Crippen LogP) is 17.3. The summed E-state index contributed by atoms with van der Waals surface area (Å²) >= 11 is 0. The van der Waals surface area contributed by atoms with Gasteiger partial charge in [0, 0.05) is 19.3 Å². The molecule has 0 bridgehead atoms. The molecular weight excluding hydrogens is 769 g/mol. The first-order valence-corrected chi connectivity index (χ1v) is 26.3. The Balaban J connectivity index is 4.40. The van der Waals surface area contributed by atoms with E-state index in [1.54, 1.807) is 0 Å². The van der Waals surface area contributed by atoms with Gasteiger partial charge in [0.15, 0.2) is 6.10 Å². The number of hydrogen-bond acceptors (Lipinski definition) is 6. The van der Waals surface area contributed by atoms with Gasteiger partial charge in [-0.15, -0.1) is 0 Å². The zero-order valence-corrected chi connectivity index (χ0v) is 40.9. The predicted molar refractivity (Wildman–Crippen MR) is 265 cm³/mol. The quantitative estimate of drug-likeness (QED) is 0.0199. The Labute approximate surface area is 383 Å². The lowest BCUT2D eigenvalue weighted by molar-refractivity contribution is -0.166. The maximum atomic E-state index is 12.8. The fourth-order valence-electron chi connectivity index (χ4n) is 7.38. The van der Waals surface area contributed by atoms with Crippen LogP contribution < -0.4 is 0 Å². The van der Waals surface area contributed by atoms with Crippen molar-refractivity contribution in [2.75, 3.05) is 13.2 Å². The van der Waals surface area contributed by atoms with Crippen molar-refractivity contribution in [3.8, 4) is 0 Å². The van der Waals surface area contributed by atoms with Crippen LogP contribution >= 0.6 is 0 Å². The third-order valence-corrected chi connectivity index (χ3v) is 11.3. The lowest BCUT2D eigenvalue weighted by Gasteiger charge is -2.18. The second-order valence-electron chi connectivity index (χ2n) is 17.5. The third-order valence-electron chi connectivity index (χ3n) is 11.3. The van der Waals surface area contributed by atoms with Gasteiger partial charge >= 0.3 is 17.9 Å². The van der Waals surface area contributed by atoms with Crippen LogP contribution in [0.2, 0.25) is 0 Å². The summed E-state index contributed by atoms with van der Waals surface area (Å²) < 4.78 is 16.7. The standard InChI is InChI=1S/C56H98O6/c1-4-7-10-13-16-19-22-25-26-27-28-29-32-34-37-40-43-46-49-55(58)61-52-53(62-56(59)50-47-44-41-38-35-31-24-21-18-15-12-9-6-3)51-60-54(57)48-45-42-39-36-33-30-23-20-17-14-11-8-5-2/h9,12,15,18,21,24,30,33,39,42,53H,4-8,10-11,13-14,16-17,19-20,22-23,25-29,31-32,34-38,40-41,43-52H2,1-3H3/b12-9-,18-15-,24-21-,33-30-,42-39-. The minimum absolute atomic E-state index is 0.0977. The number of esters is 3. The number of rotatable bonds is 47. The first kappa shape index (κ1) is 59.1. The highest BCUT2D eigenvalue weighted by Gasteiger charge is 2.19. The number of carbonyl (C=O) groups is 3. The van der Waals surface area contributed by atoms with Gasteiger partial charge in [-0.1, -0.05) is 242 Å². The molecule has 0 aromatic heterocycles. The zero-order chi connectivity index (χ0) is 45.1. The van der Waals surface area contributed by atoms with Crippen molar-refractivity contribution in [2.45, 2.75) is 264 Å². The molecule has 1 atom stereocenters. The molecule has 0 heterocycles. The molecule has 0 aliphatic heterocycles. The Bertz CT molecular complexity index is 1130. The fraction of sp³-hybridized carbons (Fsp3) is 0.768. The molecule has 0 rings (SSSR count). The van der Waals surface area contributed by atoms with Gasteiger partial charge in [0.1, 0.15) is 13.2 Å². The van der Waals surface area contributed by atoms with Crippen LogP contribution in [0.15, 0.2) is 60.8 Å². The molecule has 0 saturated heterocycles. The van der Waals surface area contributed by atoms with Crippen LogP contribution in [0.5, 0.6) is 0 Å². The van der Waals surface area contributed by atoms with E-state index in [2.05, 4.69) is 75.5 Å². The molecule has 6 heteroatoms. The van der Waals surface area contributed by atoms with E-state index < -0.39 is 6.10 Å². The Morgan fingerprint density at radius 2 is 0.726 bits per heavy atom. The van der Waals surface area contributed by atoms with E-state index in [1.807, 2.05) is 6.08 Å². The summed E-state index contributed by atoms with van der Waals surface area (Å²) in [6.07, 6.45) is 62.2. The molecule has 358 valence electrons. The molecule has 0 N–H and O–H groups in total. The molecule has 0 aliphatic carbocycles. The van der Waals surface area contributed by atoms with E-state index in [4.69, 9.17) is 14.2 Å². The van der Waals surface area contributed by atoms with Crippen LogP contribution in [0.3, 0.4) is 0 Å². The summed E-state index contributed by atoms with van der Waals surface area (Å²) in [4.78, 5) is 37.9. The zero-order valence-electron chi connectivity index (χ0n) is 40.9. The number of hydrogen-bond donors (Lipinski definition) is 0.